The van der Waals surface area contributed by atoms with Gasteiger partial charge < -0.3 is 4.90 Å². The average Bonchev–Trinajstić information content (AvgIpc) is 3.02. The predicted octanol–water partition coefficient (Wildman–Crippen LogP) is 2.80. The number of anilines is 1. The number of nitrogens with zero attached hydrogens (tertiary/aromatic N) is 3. The maximum Gasteiger partial charge on any atom is 0.435 e. The summed E-state index contributed by atoms with van der Waals surface area (Å²) in [4.78, 5) is 14.0. The molecule has 0 fully saturated rings. The van der Waals surface area contributed by atoms with Gasteiger partial charge in [0.2, 0.25) is 5.91 Å². The Balaban J connectivity index is 1.80. The molecule has 4 nitrogen and oxygen atoms in total. The van der Waals surface area contributed by atoms with Gasteiger partial charge in [-0.25, -0.2) is 0 Å². The number of halogens is 3. The third kappa shape index (κ3) is 2.58. The first kappa shape index (κ1) is 14.6. The van der Waals surface area contributed by atoms with E-state index in [1.165, 1.54) is 6.92 Å². The molecule has 22 heavy (non-hydrogen) atoms. The summed E-state index contributed by atoms with van der Waals surface area (Å²) in [5.41, 5.74) is 1.24. The van der Waals surface area contributed by atoms with Crippen LogP contribution in [0.3, 0.4) is 0 Å². The Morgan fingerprint density at radius 1 is 1.32 bits per heavy atom. The van der Waals surface area contributed by atoms with Crippen LogP contribution in [0.5, 0.6) is 0 Å². The Kier molecular flexibility index (Phi) is 3.42. The molecular weight excluding hydrogens is 295 g/mol. The van der Waals surface area contributed by atoms with Crippen LogP contribution in [-0.4, -0.2) is 22.2 Å². The van der Waals surface area contributed by atoms with E-state index in [9.17, 15) is 18.0 Å². The lowest BCUT2D eigenvalue weighted by molar-refractivity contribution is -0.141. The molecule has 1 aromatic heterocycles. The summed E-state index contributed by atoms with van der Waals surface area (Å²) in [6.45, 7) is 1.86. The van der Waals surface area contributed by atoms with Crippen molar-refractivity contribution in [3.8, 4) is 0 Å². The molecule has 0 bridgehead atoms. The highest BCUT2D eigenvalue weighted by molar-refractivity contribution is 5.95. The first-order valence-electron chi connectivity index (χ1n) is 6.86. The SMILES string of the molecule is Cc1cc(C(F)(F)F)nn1CC(=O)N1CCc2ccccc21. The fourth-order valence-electron chi connectivity index (χ4n) is 2.62. The molecule has 7 heteroatoms. The summed E-state index contributed by atoms with van der Waals surface area (Å²) in [7, 11) is 0. The molecule has 0 N–H and O–H groups in total. The van der Waals surface area contributed by atoms with Crippen molar-refractivity contribution in [2.75, 3.05) is 11.4 Å². The van der Waals surface area contributed by atoms with Crippen molar-refractivity contribution in [1.82, 2.24) is 9.78 Å². The van der Waals surface area contributed by atoms with Crippen LogP contribution >= 0.6 is 0 Å². The maximum atomic E-state index is 12.6. The summed E-state index contributed by atoms with van der Waals surface area (Å²) >= 11 is 0. The molecule has 1 aliphatic heterocycles. The summed E-state index contributed by atoms with van der Waals surface area (Å²) in [5.74, 6) is -0.259. The second-order valence-electron chi connectivity index (χ2n) is 5.25. The molecule has 0 unspecified atom stereocenters. The fourth-order valence-corrected chi connectivity index (χ4v) is 2.62. The van der Waals surface area contributed by atoms with Gasteiger partial charge in [-0.2, -0.15) is 18.3 Å². The van der Waals surface area contributed by atoms with Crippen LogP contribution in [-0.2, 0) is 23.9 Å². The van der Waals surface area contributed by atoms with E-state index in [0.29, 0.717) is 12.2 Å². The van der Waals surface area contributed by atoms with Crippen molar-refractivity contribution in [3.05, 3.63) is 47.3 Å². The number of amides is 1. The quantitative estimate of drug-likeness (QED) is 0.855. The van der Waals surface area contributed by atoms with Crippen LogP contribution in [0.25, 0.3) is 0 Å². The minimum Gasteiger partial charge on any atom is -0.310 e. The lowest BCUT2D eigenvalue weighted by atomic mass is 10.2. The highest BCUT2D eigenvalue weighted by Crippen LogP contribution is 2.29. The third-order valence-corrected chi connectivity index (χ3v) is 3.74. The zero-order valence-electron chi connectivity index (χ0n) is 11.9. The number of hydrogen-bond acceptors (Lipinski definition) is 2. The van der Waals surface area contributed by atoms with Gasteiger partial charge in [0.15, 0.2) is 5.69 Å². The molecule has 0 saturated carbocycles. The average molecular weight is 309 g/mol. The number of para-hydroxylation sites is 1. The third-order valence-electron chi connectivity index (χ3n) is 3.74. The number of rotatable bonds is 2. The zero-order valence-corrected chi connectivity index (χ0v) is 11.9. The molecule has 1 aliphatic rings. The number of aromatic nitrogens is 2. The van der Waals surface area contributed by atoms with Crippen LogP contribution in [0.2, 0.25) is 0 Å². The highest BCUT2D eigenvalue weighted by Gasteiger charge is 2.35. The first-order chi connectivity index (χ1) is 10.4. The molecule has 2 heterocycles. The van der Waals surface area contributed by atoms with Crippen LogP contribution in [0.4, 0.5) is 18.9 Å². The Morgan fingerprint density at radius 2 is 2.05 bits per heavy atom. The normalized spacial score (nSPS) is 14.3. The van der Waals surface area contributed by atoms with Crippen molar-refractivity contribution >= 4 is 11.6 Å². The first-order valence-corrected chi connectivity index (χ1v) is 6.86. The molecule has 0 radical (unpaired) electrons. The van der Waals surface area contributed by atoms with Crippen LogP contribution in [0.1, 0.15) is 17.0 Å². The second-order valence-corrected chi connectivity index (χ2v) is 5.25. The van der Waals surface area contributed by atoms with E-state index in [1.807, 2.05) is 24.3 Å². The van der Waals surface area contributed by atoms with E-state index < -0.39 is 11.9 Å². The molecule has 3 rings (SSSR count). The Morgan fingerprint density at radius 3 is 2.73 bits per heavy atom. The van der Waals surface area contributed by atoms with Crippen molar-refractivity contribution in [3.63, 3.8) is 0 Å². The van der Waals surface area contributed by atoms with Crippen molar-refractivity contribution in [2.24, 2.45) is 0 Å². The van der Waals surface area contributed by atoms with Crippen LogP contribution in [0.15, 0.2) is 30.3 Å². The van der Waals surface area contributed by atoms with Gasteiger partial charge >= 0.3 is 6.18 Å². The van der Waals surface area contributed by atoms with Gasteiger partial charge in [-0.1, -0.05) is 18.2 Å². The van der Waals surface area contributed by atoms with E-state index in [1.54, 1.807) is 4.90 Å². The number of alkyl halides is 3. The van der Waals surface area contributed by atoms with E-state index in [4.69, 9.17) is 0 Å². The van der Waals surface area contributed by atoms with Gasteiger partial charge in [0.25, 0.3) is 0 Å². The lowest BCUT2D eigenvalue weighted by Gasteiger charge is -2.17. The minimum atomic E-state index is -4.50. The largest absolute Gasteiger partial charge is 0.435 e. The second kappa shape index (κ2) is 5.15. The minimum absolute atomic E-state index is 0.198. The number of fused-ring (bicyclic) bond motifs is 1. The summed E-state index contributed by atoms with van der Waals surface area (Å²) in [6, 6.07) is 8.48. The molecule has 0 atom stereocenters. The smallest absolute Gasteiger partial charge is 0.310 e. The van der Waals surface area contributed by atoms with E-state index in [2.05, 4.69) is 5.10 Å². The molecule has 1 aromatic carbocycles. The standard InChI is InChI=1S/C15H14F3N3O/c1-10-8-13(15(16,17)18)19-21(10)9-14(22)20-7-6-11-4-2-3-5-12(11)20/h2-5,8H,6-7,9H2,1H3. The van der Waals surface area contributed by atoms with Gasteiger partial charge in [-0.3, -0.25) is 9.48 Å². The summed E-state index contributed by atoms with van der Waals surface area (Å²) in [5, 5.41) is 3.49. The molecule has 0 saturated heterocycles. The zero-order chi connectivity index (χ0) is 15.9. The Labute approximate surface area is 125 Å². The monoisotopic (exact) mass is 309 g/mol. The summed E-state index contributed by atoms with van der Waals surface area (Å²) < 4.78 is 39.0. The summed E-state index contributed by atoms with van der Waals surface area (Å²) in [6.07, 6.45) is -3.74. The van der Waals surface area contributed by atoms with Gasteiger partial charge in [0.05, 0.1) is 0 Å². The molecule has 1 amide bonds. The molecule has 0 aliphatic carbocycles. The Bertz CT molecular complexity index is 721. The highest BCUT2D eigenvalue weighted by atomic mass is 19.4. The van der Waals surface area contributed by atoms with Gasteiger partial charge in [0, 0.05) is 17.9 Å². The fraction of sp³-hybridized carbons (Fsp3) is 0.333. The van der Waals surface area contributed by atoms with Crippen LogP contribution < -0.4 is 4.90 Å². The number of carbonyl (C=O) groups is 1. The van der Waals surface area contributed by atoms with Crippen molar-refractivity contribution in [1.29, 1.82) is 0 Å². The van der Waals surface area contributed by atoms with E-state index in [0.717, 1.165) is 28.4 Å². The van der Waals surface area contributed by atoms with Crippen LogP contribution in [0, 0.1) is 6.92 Å². The van der Waals surface area contributed by atoms with Crippen molar-refractivity contribution < 1.29 is 18.0 Å². The molecular formula is C15H14F3N3O. The lowest BCUT2D eigenvalue weighted by Crippen LogP contribution is -2.32. The topological polar surface area (TPSA) is 38.1 Å². The number of hydrogen-bond donors (Lipinski definition) is 0. The van der Waals surface area contributed by atoms with E-state index in [-0.39, 0.29) is 12.5 Å². The van der Waals surface area contributed by atoms with Gasteiger partial charge in [-0.15, -0.1) is 0 Å². The van der Waals surface area contributed by atoms with Crippen molar-refractivity contribution in [2.45, 2.75) is 26.1 Å². The van der Waals surface area contributed by atoms with Gasteiger partial charge in [-0.05, 0) is 31.0 Å². The molecule has 2 aromatic rings. The predicted molar refractivity (Wildman–Crippen MR) is 74.5 cm³/mol. The van der Waals surface area contributed by atoms with Gasteiger partial charge in [0.1, 0.15) is 6.54 Å². The molecule has 0 spiro atoms. The number of benzene rings is 1. The maximum absolute atomic E-state index is 12.6. The molecule has 116 valence electrons. The number of carbonyl (C=O) groups excluding carboxylic acids is 1. The van der Waals surface area contributed by atoms with E-state index >= 15 is 0 Å². The Hall–Kier alpha value is -2.31. The number of aryl methyl sites for hydroxylation is 1.